The molecule has 0 aromatic rings. The van der Waals surface area contributed by atoms with Crippen LogP contribution in [0.2, 0.25) is 0 Å². The number of aliphatic hydroxyl groups is 1. The Kier molecular flexibility index (Phi) is 8.15. The number of nitrogens with one attached hydrogen (secondary N) is 1. The summed E-state index contributed by atoms with van der Waals surface area (Å²) in [6.07, 6.45) is 7.32. The maximum Gasteiger partial charge on any atom is 0.234 e. The van der Waals surface area contributed by atoms with Crippen LogP contribution in [0, 0.1) is 0 Å². The van der Waals surface area contributed by atoms with Crippen molar-refractivity contribution in [1.29, 1.82) is 0 Å². The Bertz CT molecular complexity index is 282. The minimum Gasteiger partial charge on any atom is -0.393 e. The largest absolute Gasteiger partial charge is 0.393 e. The van der Waals surface area contributed by atoms with Gasteiger partial charge >= 0.3 is 0 Å². The van der Waals surface area contributed by atoms with Gasteiger partial charge in [0.2, 0.25) is 5.91 Å². The lowest BCUT2D eigenvalue weighted by Gasteiger charge is -2.30. The summed E-state index contributed by atoms with van der Waals surface area (Å²) in [6, 6.07) is 0.611. The number of amides is 1. The topological polar surface area (TPSA) is 52.6 Å². The maximum atomic E-state index is 12.1. The van der Waals surface area contributed by atoms with E-state index in [1.54, 1.807) is 0 Å². The first-order valence-electron chi connectivity index (χ1n) is 8.24. The second-order valence-corrected chi connectivity index (χ2v) is 6.32. The summed E-state index contributed by atoms with van der Waals surface area (Å²) in [6.45, 7) is 7.50. The van der Waals surface area contributed by atoms with Crippen LogP contribution in [0.4, 0.5) is 0 Å². The summed E-state index contributed by atoms with van der Waals surface area (Å²) in [5.74, 6) is 0.128. The molecular formula is C16H32N2O2. The molecule has 0 spiro atoms. The van der Waals surface area contributed by atoms with Crippen LogP contribution < -0.4 is 5.32 Å². The van der Waals surface area contributed by atoms with Gasteiger partial charge in [0.15, 0.2) is 0 Å². The third-order valence-corrected chi connectivity index (χ3v) is 4.09. The molecular weight excluding hydrogens is 252 g/mol. The van der Waals surface area contributed by atoms with E-state index < -0.39 is 0 Å². The summed E-state index contributed by atoms with van der Waals surface area (Å²) >= 11 is 0. The number of hydrogen-bond donors (Lipinski definition) is 2. The van der Waals surface area contributed by atoms with Crippen LogP contribution >= 0.6 is 0 Å². The highest BCUT2D eigenvalue weighted by molar-refractivity contribution is 5.78. The molecule has 1 rings (SSSR count). The SMILES string of the molecule is CCCC(C)NC(=O)CN1CCCCCC1CC(C)O. The fourth-order valence-electron chi connectivity index (χ4n) is 3.12. The predicted octanol–water partition coefficient (Wildman–Crippen LogP) is 2.31. The van der Waals surface area contributed by atoms with E-state index >= 15 is 0 Å². The standard InChI is InChI=1S/C16H32N2O2/c1-4-8-13(2)17-16(20)12-18-10-7-5-6-9-15(18)11-14(3)19/h13-15,19H,4-12H2,1-3H3,(H,17,20). The molecule has 4 heteroatoms. The van der Waals surface area contributed by atoms with E-state index in [1.165, 1.54) is 12.8 Å². The van der Waals surface area contributed by atoms with Gasteiger partial charge < -0.3 is 10.4 Å². The molecule has 1 heterocycles. The molecule has 0 aromatic heterocycles. The van der Waals surface area contributed by atoms with E-state index in [1.807, 2.05) is 6.92 Å². The van der Waals surface area contributed by atoms with Crippen molar-refractivity contribution in [3.8, 4) is 0 Å². The van der Waals surface area contributed by atoms with Crippen LogP contribution in [0.5, 0.6) is 0 Å². The van der Waals surface area contributed by atoms with Crippen LogP contribution in [0.3, 0.4) is 0 Å². The molecule has 0 bridgehead atoms. The van der Waals surface area contributed by atoms with Gasteiger partial charge in [0.25, 0.3) is 0 Å². The van der Waals surface area contributed by atoms with E-state index in [4.69, 9.17) is 0 Å². The Morgan fingerprint density at radius 1 is 1.35 bits per heavy atom. The van der Waals surface area contributed by atoms with Crippen molar-refractivity contribution in [2.75, 3.05) is 13.1 Å². The van der Waals surface area contributed by atoms with Crippen LogP contribution in [0.1, 0.15) is 65.7 Å². The van der Waals surface area contributed by atoms with Gasteiger partial charge in [-0.25, -0.2) is 0 Å². The highest BCUT2D eigenvalue weighted by Gasteiger charge is 2.24. The minimum atomic E-state index is -0.289. The van der Waals surface area contributed by atoms with Crippen molar-refractivity contribution in [3.05, 3.63) is 0 Å². The van der Waals surface area contributed by atoms with E-state index in [2.05, 4.69) is 24.1 Å². The Balaban J connectivity index is 2.49. The van der Waals surface area contributed by atoms with Crippen molar-refractivity contribution in [1.82, 2.24) is 10.2 Å². The first kappa shape index (κ1) is 17.4. The molecule has 1 aliphatic heterocycles. The molecule has 1 saturated heterocycles. The molecule has 118 valence electrons. The number of nitrogens with zero attached hydrogens (tertiary/aromatic N) is 1. The monoisotopic (exact) mass is 284 g/mol. The van der Waals surface area contributed by atoms with Crippen LogP contribution in [0.15, 0.2) is 0 Å². The molecule has 0 radical (unpaired) electrons. The molecule has 3 atom stereocenters. The molecule has 0 aliphatic carbocycles. The smallest absolute Gasteiger partial charge is 0.234 e. The summed E-state index contributed by atoms with van der Waals surface area (Å²) in [5, 5.41) is 12.7. The van der Waals surface area contributed by atoms with Gasteiger partial charge in [-0.1, -0.05) is 26.2 Å². The molecule has 0 aromatic carbocycles. The normalized spacial score (nSPS) is 23.9. The zero-order chi connectivity index (χ0) is 15.0. The zero-order valence-corrected chi connectivity index (χ0v) is 13.4. The molecule has 1 aliphatic rings. The van der Waals surface area contributed by atoms with E-state index in [-0.39, 0.29) is 18.1 Å². The lowest BCUT2D eigenvalue weighted by Crippen LogP contribution is -2.45. The number of carbonyl (C=O) groups excluding carboxylic acids is 1. The van der Waals surface area contributed by atoms with Crippen LogP contribution in [-0.4, -0.2) is 47.2 Å². The fourth-order valence-corrected chi connectivity index (χ4v) is 3.12. The van der Waals surface area contributed by atoms with Crippen LogP contribution in [0.25, 0.3) is 0 Å². The minimum absolute atomic E-state index is 0.128. The Morgan fingerprint density at radius 3 is 2.75 bits per heavy atom. The van der Waals surface area contributed by atoms with Crippen molar-refractivity contribution in [2.45, 2.75) is 83.9 Å². The quantitative estimate of drug-likeness (QED) is 0.754. The van der Waals surface area contributed by atoms with Gasteiger partial charge in [-0.3, -0.25) is 9.69 Å². The van der Waals surface area contributed by atoms with Gasteiger partial charge in [0, 0.05) is 12.1 Å². The number of likely N-dealkylation sites (tertiary alicyclic amines) is 1. The number of aliphatic hydroxyl groups excluding tert-OH is 1. The maximum absolute atomic E-state index is 12.1. The van der Waals surface area contributed by atoms with Crippen molar-refractivity contribution in [2.24, 2.45) is 0 Å². The highest BCUT2D eigenvalue weighted by atomic mass is 16.3. The second-order valence-electron chi connectivity index (χ2n) is 6.32. The van der Waals surface area contributed by atoms with Crippen molar-refractivity contribution in [3.63, 3.8) is 0 Å². The predicted molar refractivity (Wildman–Crippen MR) is 82.6 cm³/mol. The molecule has 20 heavy (non-hydrogen) atoms. The molecule has 1 fully saturated rings. The summed E-state index contributed by atoms with van der Waals surface area (Å²) in [7, 11) is 0. The van der Waals surface area contributed by atoms with Gasteiger partial charge in [-0.2, -0.15) is 0 Å². The van der Waals surface area contributed by atoms with Gasteiger partial charge in [-0.15, -0.1) is 0 Å². The first-order valence-corrected chi connectivity index (χ1v) is 8.24. The van der Waals surface area contributed by atoms with Crippen LogP contribution in [-0.2, 0) is 4.79 Å². The highest BCUT2D eigenvalue weighted by Crippen LogP contribution is 2.20. The number of rotatable bonds is 7. The van der Waals surface area contributed by atoms with Crippen molar-refractivity contribution < 1.29 is 9.90 Å². The first-order chi connectivity index (χ1) is 9.52. The van der Waals surface area contributed by atoms with E-state index in [0.29, 0.717) is 12.6 Å². The molecule has 2 N–H and O–H groups in total. The second kappa shape index (κ2) is 9.35. The van der Waals surface area contributed by atoms with Gasteiger partial charge in [0.1, 0.15) is 0 Å². The summed E-state index contributed by atoms with van der Waals surface area (Å²) in [4.78, 5) is 14.4. The van der Waals surface area contributed by atoms with Gasteiger partial charge in [0.05, 0.1) is 12.6 Å². The van der Waals surface area contributed by atoms with E-state index in [9.17, 15) is 9.90 Å². The number of hydrogen-bond acceptors (Lipinski definition) is 3. The Morgan fingerprint density at radius 2 is 2.10 bits per heavy atom. The molecule has 3 unspecified atom stereocenters. The third kappa shape index (κ3) is 6.71. The third-order valence-electron chi connectivity index (χ3n) is 4.09. The van der Waals surface area contributed by atoms with Crippen molar-refractivity contribution >= 4 is 5.91 Å². The van der Waals surface area contributed by atoms with E-state index in [0.717, 1.165) is 38.6 Å². The fraction of sp³-hybridized carbons (Fsp3) is 0.938. The lowest BCUT2D eigenvalue weighted by atomic mass is 10.0. The van der Waals surface area contributed by atoms with Gasteiger partial charge in [-0.05, 0) is 46.1 Å². The molecule has 0 saturated carbocycles. The molecule has 4 nitrogen and oxygen atoms in total. The average molecular weight is 284 g/mol. The average Bonchev–Trinajstić information content (AvgIpc) is 2.55. The zero-order valence-electron chi connectivity index (χ0n) is 13.4. The molecule has 1 amide bonds. The summed E-state index contributed by atoms with van der Waals surface area (Å²) in [5.41, 5.74) is 0. The number of carbonyl (C=O) groups is 1. The Hall–Kier alpha value is -0.610. The summed E-state index contributed by atoms with van der Waals surface area (Å²) < 4.78 is 0. The Labute approximate surface area is 123 Å². The lowest BCUT2D eigenvalue weighted by molar-refractivity contribution is -0.123.